The molecule has 0 saturated heterocycles. The summed E-state index contributed by atoms with van der Waals surface area (Å²) in [6.07, 6.45) is 4.08. The van der Waals surface area contributed by atoms with Crippen LogP contribution in [0.15, 0.2) is 0 Å². The number of likely N-dealkylation sites (N-methyl/N-ethyl adjacent to an activating group) is 1. The monoisotopic (exact) mass is 256 g/mol. The van der Waals surface area contributed by atoms with Crippen LogP contribution in [0.25, 0.3) is 0 Å². The Bertz CT molecular complexity index is 277. The molecule has 2 N–H and O–H groups in total. The Labute approximate surface area is 111 Å². The highest BCUT2D eigenvalue weighted by Crippen LogP contribution is 2.31. The number of hydrogen-bond acceptors (Lipinski definition) is 3. The van der Waals surface area contributed by atoms with Crippen molar-refractivity contribution in [2.75, 3.05) is 20.2 Å². The molecule has 0 spiro atoms. The summed E-state index contributed by atoms with van der Waals surface area (Å²) in [5.74, 6) is 0.562. The highest BCUT2D eigenvalue weighted by atomic mass is 16.5. The number of nitrogens with zero attached hydrogens (tertiary/aromatic N) is 1. The van der Waals surface area contributed by atoms with E-state index in [4.69, 9.17) is 10.5 Å². The third-order valence-corrected chi connectivity index (χ3v) is 4.50. The average Bonchev–Trinajstić information content (AvgIpc) is 2.86. The summed E-state index contributed by atoms with van der Waals surface area (Å²) < 4.78 is 5.44. The van der Waals surface area contributed by atoms with Gasteiger partial charge < -0.3 is 15.4 Å². The lowest BCUT2D eigenvalue weighted by Crippen LogP contribution is -2.53. The maximum absolute atomic E-state index is 12.7. The minimum atomic E-state index is -0.697. The minimum Gasteiger partial charge on any atom is -0.369 e. The molecule has 0 aromatic heterocycles. The van der Waals surface area contributed by atoms with Gasteiger partial charge in [-0.2, -0.15) is 0 Å². The fraction of sp³-hybridized carbons (Fsp3) is 0.929. The molecule has 4 nitrogen and oxygen atoms in total. The van der Waals surface area contributed by atoms with Gasteiger partial charge in [-0.1, -0.05) is 13.3 Å². The number of amides is 1. The molecule has 1 aliphatic carbocycles. The van der Waals surface area contributed by atoms with Crippen molar-refractivity contribution in [3.05, 3.63) is 0 Å². The van der Waals surface area contributed by atoms with Gasteiger partial charge in [-0.3, -0.25) is 4.79 Å². The molecular formula is C14H28N2O2. The van der Waals surface area contributed by atoms with Gasteiger partial charge in [-0.15, -0.1) is 0 Å². The molecular weight excluding hydrogens is 228 g/mol. The second-order valence-corrected chi connectivity index (χ2v) is 5.37. The van der Waals surface area contributed by atoms with Gasteiger partial charge in [0.05, 0.1) is 0 Å². The molecule has 0 aliphatic heterocycles. The fourth-order valence-electron chi connectivity index (χ4n) is 2.92. The molecule has 0 aromatic carbocycles. The summed E-state index contributed by atoms with van der Waals surface area (Å²) in [6, 6.07) is 0.300. The molecule has 0 heterocycles. The lowest BCUT2D eigenvalue weighted by molar-refractivity contribution is -0.156. The zero-order valence-electron chi connectivity index (χ0n) is 12.2. The van der Waals surface area contributed by atoms with Crippen LogP contribution >= 0.6 is 0 Å². The molecule has 3 unspecified atom stereocenters. The molecule has 18 heavy (non-hydrogen) atoms. The smallest absolute Gasteiger partial charge is 0.254 e. The largest absolute Gasteiger partial charge is 0.369 e. The summed E-state index contributed by atoms with van der Waals surface area (Å²) in [6.45, 7) is 7.31. The lowest BCUT2D eigenvalue weighted by atomic mass is 9.96. The SMILES string of the molecule is CCN(C(=O)C(C)(CC)OC)C1CCCC1CN. The average molecular weight is 256 g/mol. The molecule has 1 saturated carbocycles. The first-order chi connectivity index (χ1) is 8.53. The van der Waals surface area contributed by atoms with Gasteiger partial charge in [0.1, 0.15) is 5.60 Å². The Hall–Kier alpha value is -0.610. The van der Waals surface area contributed by atoms with Crippen LogP contribution in [-0.4, -0.2) is 42.6 Å². The van der Waals surface area contributed by atoms with E-state index in [-0.39, 0.29) is 5.91 Å². The minimum absolute atomic E-state index is 0.111. The van der Waals surface area contributed by atoms with Gasteiger partial charge in [0.25, 0.3) is 5.91 Å². The van der Waals surface area contributed by atoms with Crippen molar-refractivity contribution in [3.8, 4) is 0 Å². The molecule has 0 bridgehead atoms. The standard InChI is InChI=1S/C14H28N2O2/c1-5-14(3,18-4)13(17)16(6-2)12-9-7-8-11(12)10-15/h11-12H,5-10,15H2,1-4H3. The van der Waals surface area contributed by atoms with Crippen molar-refractivity contribution in [1.29, 1.82) is 0 Å². The number of methoxy groups -OCH3 is 1. The predicted octanol–water partition coefficient (Wildman–Crippen LogP) is 1.78. The third kappa shape index (κ3) is 2.86. The van der Waals surface area contributed by atoms with E-state index in [0.29, 0.717) is 24.9 Å². The van der Waals surface area contributed by atoms with Gasteiger partial charge in [0.2, 0.25) is 0 Å². The second kappa shape index (κ2) is 6.53. The Balaban J connectivity index is 2.85. The maximum atomic E-state index is 12.7. The topological polar surface area (TPSA) is 55.6 Å². The molecule has 0 radical (unpaired) electrons. The first-order valence-electron chi connectivity index (χ1n) is 7.10. The van der Waals surface area contributed by atoms with Crippen LogP contribution in [0.3, 0.4) is 0 Å². The Morgan fingerprint density at radius 1 is 1.44 bits per heavy atom. The fourth-order valence-corrected chi connectivity index (χ4v) is 2.92. The zero-order valence-corrected chi connectivity index (χ0v) is 12.2. The number of rotatable bonds is 6. The summed E-state index contributed by atoms with van der Waals surface area (Å²) in [5, 5.41) is 0. The van der Waals surface area contributed by atoms with E-state index in [2.05, 4.69) is 0 Å². The van der Waals surface area contributed by atoms with E-state index in [1.54, 1.807) is 7.11 Å². The van der Waals surface area contributed by atoms with Crippen LogP contribution in [0.1, 0.15) is 46.5 Å². The normalized spacial score (nSPS) is 26.9. The molecule has 1 aliphatic rings. The van der Waals surface area contributed by atoms with E-state index in [1.165, 1.54) is 6.42 Å². The van der Waals surface area contributed by atoms with E-state index >= 15 is 0 Å². The second-order valence-electron chi connectivity index (χ2n) is 5.37. The number of carbonyl (C=O) groups is 1. The van der Waals surface area contributed by atoms with Crippen molar-refractivity contribution in [1.82, 2.24) is 4.90 Å². The van der Waals surface area contributed by atoms with E-state index in [1.807, 2.05) is 25.7 Å². The van der Waals surface area contributed by atoms with Crippen LogP contribution in [0.5, 0.6) is 0 Å². The number of nitrogens with two attached hydrogens (primary N) is 1. The Morgan fingerprint density at radius 3 is 2.56 bits per heavy atom. The highest BCUT2D eigenvalue weighted by Gasteiger charge is 2.40. The Morgan fingerprint density at radius 2 is 2.11 bits per heavy atom. The molecule has 1 rings (SSSR count). The van der Waals surface area contributed by atoms with Gasteiger partial charge in [0.15, 0.2) is 0 Å². The molecule has 1 fully saturated rings. The molecule has 3 atom stereocenters. The van der Waals surface area contributed by atoms with Gasteiger partial charge in [-0.05, 0) is 45.6 Å². The summed E-state index contributed by atoms with van der Waals surface area (Å²) in [7, 11) is 1.62. The molecule has 1 amide bonds. The van der Waals surface area contributed by atoms with Crippen LogP contribution in [0, 0.1) is 5.92 Å². The number of carbonyl (C=O) groups excluding carboxylic acids is 1. The predicted molar refractivity (Wildman–Crippen MR) is 73.3 cm³/mol. The van der Waals surface area contributed by atoms with Crippen LogP contribution < -0.4 is 5.73 Å². The van der Waals surface area contributed by atoms with E-state index in [9.17, 15) is 4.79 Å². The van der Waals surface area contributed by atoms with E-state index in [0.717, 1.165) is 19.4 Å². The first kappa shape index (κ1) is 15.4. The summed E-state index contributed by atoms with van der Waals surface area (Å²) in [5.41, 5.74) is 5.13. The third-order valence-electron chi connectivity index (χ3n) is 4.50. The van der Waals surface area contributed by atoms with Crippen molar-refractivity contribution >= 4 is 5.91 Å². The zero-order chi connectivity index (χ0) is 13.8. The maximum Gasteiger partial charge on any atom is 0.254 e. The van der Waals surface area contributed by atoms with Gasteiger partial charge in [-0.25, -0.2) is 0 Å². The van der Waals surface area contributed by atoms with Crippen LogP contribution in [0.4, 0.5) is 0 Å². The van der Waals surface area contributed by atoms with Crippen LogP contribution in [0.2, 0.25) is 0 Å². The van der Waals surface area contributed by atoms with Gasteiger partial charge in [0, 0.05) is 19.7 Å². The van der Waals surface area contributed by atoms with Crippen molar-refractivity contribution in [2.45, 2.75) is 58.1 Å². The van der Waals surface area contributed by atoms with Gasteiger partial charge >= 0.3 is 0 Å². The van der Waals surface area contributed by atoms with Crippen molar-refractivity contribution in [2.24, 2.45) is 11.7 Å². The van der Waals surface area contributed by atoms with E-state index < -0.39 is 5.60 Å². The summed E-state index contributed by atoms with van der Waals surface area (Å²) in [4.78, 5) is 14.7. The lowest BCUT2D eigenvalue weighted by Gasteiger charge is -2.38. The van der Waals surface area contributed by atoms with Crippen molar-refractivity contribution < 1.29 is 9.53 Å². The quantitative estimate of drug-likeness (QED) is 0.788. The number of ether oxygens (including phenoxy) is 1. The Kier molecular flexibility index (Phi) is 5.60. The van der Waals surface area contributed by atoms with Crippen molar-refractivity contribution in [3.63, 3.8) is 0 Å². The summed E-state index contributed by atoms with van der Waals surface area (Å²) >= 11 is 0. The molecule has 4 heteroatoms. The molecule has 0 aromatic rings. The first-order valence-corrected chi connectivity index (χ1v) is 7.10. The highest BCUT2D eigenvalue weighted by molar-refractivity contribution is 5.85. The van der Waals surface area contributed by atoms with Crippen LogP contribution in [-0.2, 0) is 9.53 Å². The molecule has 106 valence electrons. The number of hydrogen-bond donors (Lipinski definition) is 1.